The Morgan fingerprint density at radius 3 is 2.70 bits per heavy atom. The maximum atomic E-state index is 13.0. The molecule has 4 rings (SSSR count). The normalized spacial score (nSPS) is 16.9. The summed E-state index contributed by atoms with van der Waals surface area (Å²) in [4.78, 5) is 31.5. The lowest BCUT2D eigenvalue weighted by Crippen LogP contribution is -2.31. The van der Waals surface area contributed by atoms with Crippen molar-refractivity contribution in [3.8, 4) is 11.9 Å². The van der Waals surface area contributed by atoms with Crippen molar-refractivity contribution in [1.82, 2.24) is 19.7 Å². The Kier molecular flexibility index (Phi) is 5.26. The van der Waals surface area contributed by atoms with Crippen molar-refractivity contribution in [2.75, 3.05) is 11.9 Å². The van der Waals surface area contributed by atoms with Crippen LogP contribution in [0.15, 0.2) is 60.9 Å². The number of carbonyl (C=O) groups excluding carboxylic acids is 2. The molecule has 0 bridgehead atoms. The lowest BCUT2D eigenvalue weighted by Gasteiger charge is -2.25. The van der Waals surface area contributed by atoms with Crippen LogP contribution in [-0.4, -0.2) is 38.0 Å². The van der Waals surface area contributed by atoms with Crippen LogP contribution in [0.3, 0.4) is 0 Å². The van der Waals surface area contributed by atoms with Crippen LogP contribution < -0.4 is 5.32 Å². The Bertz CT molecular complexity index is 1100. The van der Waals surface area contributed by atoms with Gasteiger partial charge in [-0.3, -0.25) is 9.59 Å². The van der Waals surface area contributed by atoms with Gasteiger partial charge >= 0.3 is 0 Å². The number of aromatic nitrogens is 3. The second-order valence-electron chi connectivity index (χ2n) is 7.14. The Morgan fingerprint density at radius 2 is 2.00 bits per heavy atom. The van der Waals surface area contributed by atoms with Gasteiger partial charge in [0, 0.05) is 19.2 Å². The first-order chi connectivity index (χ1) is 14.6. The molecule has 0 aliphatic carbocycles. The second-order valence-corrected chi connectivity index (χ2v) is 7.14. The van der Waals surface area contributed by atoms with Gasteiger partial charge in [0.05, 0.1) is 18.2 Å². The molecule has 1 aliphatic heterocycles. The van der Waals surface area contributed by atoms with Crippen molar-refractivity contribution in [1.29, 1.82) is 5.26 Å². The van der Waals surface area contributed by atoms with E-state index in [1.807, 2.05) is 43.3 Å². The third kappa shape index (κ3) is 3.65. The summed E-state index contributed by atoms with van der Waals surface area (Å²) in [6.07, 6.45) is 3.11. The summed E-state index contributed by atoms with van der Waals surface area (Å²) in [5, 5.41) is 16.4. The maximum absolute atomic E-state index is 13.0. The SMILES string of the molecule is CC(c1ccccc1)N1CC(C(=O)Nc2c(C#N)cnn2-c2ccccn2)CC1=O. The Morgan fingerprint density at radius 1 is 1.23 bits per heavy atom. The number of hydrogen-bond donors (Lipinski definition) is 1. The molecule has 1 saturated heterocycles. The van der Waals surface area contributed by atoms with Crippen molar-refractivity contribution in [3.63, 3.8) is 0 Å². The van der Waals surface area contributed by atoms with Crippen LogP contribution >= 0.6 is 0 Å². The van der Waals surface area contributed by atoms with E-state index in [9.17, 15) is 14.9 Å². The van der Waals surface area contributed by atoms with E-state index in [1.54, 1.807) is 29.3 Å². The number of pyridine rings is 1. The topological polar surface area (TPSA) is 104 Å². The molecule has 0 radical (unpaired) electrons. The molecular weight excluding hydrogens is 380 g/mol. The van der Waals surface area contributed by atoms with Crippen molar-refractivity contribution in [2.24, 2.45) is 5.92 Å². The third-order valence-corrected chi connectivity index (χ3v) is 5.28. The molecule has 2 amide bonds. The van der Waals surface area contributed by atoms with E-state index in [-0.39, 0.29) is 35.7 Å². The Balaban J connectivity index is 1.52. The quantitative estimate of drug-likeness (QED) is 0.709. The van der Waals surface area contributed by atoms with Crippen molar-refractivity contribution >= 4 is 17.6 Å². The average molecular weight is 400 g/mol. The first-order valence-electron chi connectivity index (χ1n) is 9.63. The number of benzene rings is 1. The van der Waals surface area contributed by atoms with Crippen LogP contribution in [0.2, 0.25) is 0 Å². The monoisotopic (exact) mass is 400 g/mol. The standard InChI is InChI=1S/C22H20N6O2/c1-15(16-7-3-2-4-8-16)27-14-17(11-20(27)29)22(30)26-21-18(12-23)13-25-28(21)19-9-5-6-10-24-19/h2-10,13,15,17H,11,14H2,1H3,(H,26,30). The van der Waals surface area contributed by atoms with E-state index >= 15 is 0 Å². The summed E-state index contributed by atoms with van der Waals surface area (Å²) < 4.78 is 1.41. The fourth-order valence-electron chi connectivity index (χ4n) is 3.62. The Labute approximate surface area is 173 Å². The highest BCUT2D eigenvalue weighted by Gasteiger charge is 2.37. The smallest absolute Gasteiger partial charge is 0.230 e. The van der Waals surface area contributed by atoms with E-state index in [0.717, 1.165) is 5.56 Å². The summed E-state index contributed by atoms with van der Waals surface area (Å²) in [7, 11) is 0. The van der Waals surface area contributed by atoms with Crippen LogP contribution in [0.4, 0.5) is 5.82 Å². The molecule has 1 fully saturated rings. The number of nitrogens with zero attached hydrogens (tertiary/aromatic N) is 5. The van der Waals surface area contributed by atoms with Gasteiger partial charge in [0.15, 0.2) is 11.6 Å². The predicted octanol–water partition coefficient (Wildman–Crippen LogP) is 2.69. The number of carbonyl (C=O) groups is 2. The lowest BCUT2D eigenvalue weighted by molar-refractivity contribution is -0.129. The van der Waals surface area contributed by atoms with Crippen molar-refractivity contribution in [3.05, 3.63) is 72.1 Å². The fourth-order valence-corrected chi connectivity index (χ4v) is 3.62. The highest BCUT2D eigenvalue weighted by Crippen LogP contribution is 2.29. The van der Waals surface area contributed by atoms with Crippen molar-refractivity contribution < 1.29 is 9.59 Å². The first-order valence-corrected chi connectivity index (χ1v) is 9.63. The molecule has 2 atom stereocenters. The lowest BCUT2D eigenvalue weighted by atomic mass is 10.1. The van der Waals surface area contributed by atoms with Gasteiger partial charge in [-0.15, -0.1) is 0 Å². The average Bonchev–Trinajstić information content (AvgIpc) is 3.37. The maximum Gasteiger partial charge on any atom is 0.230 e. The van der Waals surface area contributed by atoms with Gasteiger partial charge in [-0.25, -0.2) is 4.98 Å². The minimum Gasteiger partial charge on any atom is -0.335 e. The van der Waals surface area contributed by atoms with Crippen molar-refractivity contribution in [2.45, 2.75) is 19.4 Å². The van der Waals surface area contributed by atoms with E-state index < -0.39 is 5.92 Å². The van der Waals surface area contributed by atoms with E-state index in [0.29, 0.717) is 12.4 Å². The van der Waals surface area contributed by atoms with Gasteiger partial charge in [0.1, 0.15) is 11.6 Å². The van der Waals surface area contributed by atoms with Gasteiger partial charge in [-0.1, -0.05) is 36.4 Å². The summed E-state index contributed by atoms with van der Waals surface area (Å²) >= 11 is 0. The molecule has 8 nitrogen and oxygen atoms in total. The first kappa shape index (κ1) is 19.3. The number of amides is 2. The van der Waals surface area contributed by atoms with Crippen LogP contribution in [0.1, 0.15) is 30.5 Å². The van der Waals surface area contributed by atoms with Gasteiger partial charge < -0.3 is 10.2 Å². The van der Waals surface area contributed by atoms with Crippen LogP contribution in [-0.2, 0) is 9.59 Å². The molecule has 3 heterocycles. The van der Waals surface area contributed by atoms with Gasteiger partial charge in [0.25, 0.3) is 0 Å². The molecule has 0 spiro atoms. The molecule has 3 aromatic rings. The van der Waals surface area contributed by atoms with Gasteiger partial charge in [-0.05, 0) is 24.6 Å². The molecule has 30 heavy (non-hydrogen) atoms. The number of nitriles is 1. The van der Waals surface area contributed by atoms with E-state index in [2.05, 4.69) is 15.4 Å². The number of rotatable bonds is 5. The summed E-state index contributed by atoms with van der Waals surface area (Å²) in [6.45, 7) is 2.28. The van der Waals surface area contributed by atoms with Crippen LogP contribution in [0, 0.1) is 17.2 Å². The zero-order valence-corrected chi connectivity index (χ0v) is 16.4. The molecule has 1 aromatic carbocycles. The third-order valence-electron chi connectivity index (χ3n) is 5.28. The number of anilines is 1. The van der Waals surface area contributed by atoms with Gasteiger partial charge in [-0.2, -0.15) is 15.0 Å². The number of nitrogens with one attached hydrogen (secondary N) is 1. The molecule has 2 aromatic heterocycles. The number of hydrogen-bond acceptors (Lipinski definition) is 5. The zero-order chi connectivity index (χ0) is 21.1. The minimum atomic E-state index is -0.512. The largest absolute Gasteiger partial charge is 0.335 e. The molecule has 1 aliphatic rings. The summed E-state index contributed by atoms with van der Waals surface area (Å²) in [5.74, 6) is -0.160. The molecular formula is C22H20N6O2. The van der Waals surface area contributed by atoms with E-state index in [1.165, 1.54) is 10.9 Å². The van der Waals surface area contributed by atoms with E-state index in [4.69, 9.17) is 0 Å². The molecule has 150 valence electrons. The zero-order valence-electron chi connectivity index (χ0n) is 16.4. The molecule has 2 unspecified atom stereocenters. The molecule has 1 N–H and O–H groups in total. The summed E-state index contributed by atoms with van der Waals surface area (Å²) in [5.41, 5.74) is 1.25. The van der Waals surface area contributed by atoms with Crippen LogP contribution in [0.5, 0.6) is 0 Å². The fraction of sp³-hybridized carbons (Fsp3) is 0.227. The highest BCUT2D eigenvalue weighted by atomic mass is 16.2. The highest BCUT2D eigenvalue weighted by molar-refractivity contribution is 5.97. The summed E-state index contributed by atoms with van der Waals surface area (Å²) in [6, 6.07) is 16.9. The minimum absolute atomic E-state index is 0.0646. The number of likely N-dealkylation sites (tertiary alicyclic amines) is 1. The molecule has 8 heteroatoms. The molecule has 0 saturated carbocycles. The Hall–Kier alpha value is -3.99. The second kappa shape index (κ2) is 8.17. The predicted molar refractivity (Wildman–Crippen MR) is 109 cm³/mol. The van der Waals surface area contributed by atoms with Crippen LogP contribution in [0.25, 0.3) is 5.82 Å². The van der Waals surface area contributed by atoms with Gasteiger partial charge in [0.2, 0.25) is 11.8 Å².